The van der Waals surface area contributed by atoms with E-state index in [4.69, 9.17) is 11.1 Å². The Morgan fingerprint density at radius 2 is 1.95 bits per heavy atom. The van der Waals surface area contributed by atoms with Crippen LogP contribution in [0.5, 0.6) is 0 Å². The van der Waals surface area contributed by atoms with Crippen LogP contribution < -0.4 is 10.6 Å². The topological polar surface area (TPSA) is 53.1 Å². The maximum atomic E-state index is 13.1. The van der Waals surface area contributed by atoms with Gasteiger partial charge in [0.15, 0.2) is 0 Å². The standard InChI is InChI=1S/C15H20F3N3/c1-9-5-6-21(8-10(9)2)11-3-4-12(14(19)20)13(7-11)15(16,17)18/h3-4,7,9-10H,5-6,8H2,1-2H3,(H3,19,20). The van der Waals surface area contributed by atoms with E-state index in [0.717, 1.165) is 25.6 Å². The number of piperidine rings is 1. The SMILES string of the molecule is CC1CCN(c2ccc(C(=N)N)c(C(F)(F)F)c2)CC1C. The van der Waals surface area contributed by atoms with Crippen LogP contribution in [0.2, 0.25) is 0 Å². The summed E-state index contributed by atoms with van der Waals surface area (Å²) < 4.78 is 39.4. The second-order valence-electron chi connectivity index (χ2n) is 5.83. The molecule has 0 amide bonds. The number of nitrogens with zero attached hydrogens (tertiary/aromatic N) is 1. The van der Waals surface area contributed by atoms with Crippen LogP contribution >= 0.6 is 0 Å². The number of nitrogens with one attached hydrogen (secondary N) is 1. The minimum absolute atomic E-state index is 0.260. The van der Waals surface area contributed by atoms with Gasteiger partial charge in [-0.05, 0) is 36.5 Å². The van der Waals surface area contributed by atoms with Crippen LogP contribution in [0.4, 0.5) is 18.9 Å². The molecule has 2 atom stereocenters. The maximum absolute atomic E-state index is 13.1. The van der Waals surface area contributed by atoms with Gasteiger partial charge in [-0.3, -0.25) is 5.41 Å². The first-order chi connectivity index (χ1) is 9.70. The maximum Gasteiger partial charge on any atom is 0.417 e. The molecule has 2 rings (SSSR count). The Hall–Kier alpha value is -1.72. The molecule has 1 aromatic rings. The number of rotatable bonds is 2. The molecule has 3 nitrogen and oxygen atoms in total. The summed E-state index contributed by atoms with van der Waals surface area (Å²) in [6, 6.07) is 4.03. The van der Waals surface area contributed by atoms with Crippen LogP contribution in [0.3, 0.4) is 0 Å². The van der Waals surface area contributed by atoms with E-state index in [9.17, 15) is 13.2 Å². The monoisotopic (exact) mass is 299 g/mol. The van der Waals surface area contributed by atoms with E-state index in [1.165, 1.54) is 6.07 Å². The van der Waals surface area contributed by atoms with E-state index in [2.05, 4.69) is 13.8 Å². The lowest BCUT2D eigenvalue weighted by atomic mass is 9.88. The normalized spacial score (nSPS) is 23.2. The van der Waals surface area contributed by atoms with Crippen molar-refractivity contribution in [2.45, 2.75) is 26.4 Å². The van der Waals surface area contributed by atoms with E-state index >= 15 is 0 Å². The fourth-order valence-corrected chi connectivity index (χ4v) is 2.70. The summed E-state index contributed by atoms with van der Waals surface area (Å²) in [5.41, 5.74) is 4.70. The molecule has 0 bridgehead atoms. The number of hydrogen-bond acceptors (Lipinski definition) is 2. The zero-order valence-electron chi connectivity index (χ0n) is 12.2. The number of benzene rings is 1. The predicted molar refractivity (Wildman–Crippen MR) is 77.6 cm³/mol. The van der Waals surface area contributed by atoms with Gasteiger partial charge in [-0.25, -0.2) is 0 Å². The number of anilines is 1. The third-order valence-electron chi connectivity index (χ3n) is 4.30. The van der Waals surface area contributed by atoms with Crippen molar-refractivity contribution in [3.63, 3.8) is 0 Å². The van der Waals surface area contributed by atoms with Crippen molar-refractivity contribution in [2.75, 3.05) is 18.0 Å². The van der Waals surface area contributed by atoms with Crippen LogP contribution in [0.25, 0.3) is 0 Å². The molecule has 1 saturated heterocycles. The smallest absolute Gasteiger partial charge is 0.384 e. The highest BCUT2D eigenvalue weighted by Gasteiger charge is 2.35. The van der Waals surface area contributed by atoms with Crippen LogP contribution in [0, 0.1) is 17.2 Å². The molecule has 2 unspecified atom stereocenters. The van der Waals surface area contributed by atoms with Gasteiger partial charge in [-0.15, -0.1) is 0 Å². The molecule has 1 fully saturated rings. The Morgan fingerprint density at radius 3 is 2.48 bits per heavy atom. The molecule has 1 heterocycles. The average Bonchev–Trinajstić information content (AvgIpc) is 2.40. The molecule has 0 aliphatic carbocycles. The molecule has 0 spiro atoms. The van der Waals surface area contributed by atoms with Gasteiger partial charge in [0.2, 0.25) is 0 Å². The molecule has 0 aromatic heterocycles. The fraction of sp³-hybridized carbons (Fsp3) is 0.533. The van der Waals surface area contributed by atoms with Gasteiger partial charge in [0.25, 0.3) is 0 Å². The first-order valence-corrected chi connectivity index (χ1v) is 7.00. The van der Waals surface area contributed by atoms with Crippen LogP contribution in [-0.2, 0) is 6.18 Å². The second kappa shape index (κ2) is 5.58. The van der Waals surface area contributed by atoms with Crippen LogP contribution in [-0.4, -0.2) is 18.9 Å². The molecule has 6 heteroatoms. The number of alkyl halides is 3. The van der Waals surface area contributed by atoms with Gasteiger partial charge >= 0.3 is 6.18 Å². The largest absolute Gasteiger partial charge is 0.417 e. The highest BCUT2D eigenvalue weighted by Crippen LogP contribution is 2.36. The van der Waals surface area contributed by atoms with Gasteiger partial charge in [0, 0.05) is 24.3 Å². The van der Waals surface area contributed by atoms with Gasteiger partial charge in [0.05, 0.1) is 5.56 Å². The molecule has 0 saturated carbocycles. The van der Waals surface area contributed by atoms with Gasteiger partial charge < -0.3 is 10.6 Å². The molecule has 116 valence electrons. The molecule has 21 heavy (non-hydrogen) atoms. The lowest BCUT2D eigenvalue weighted by Gasteiger charge is -2.37. The molecule has 1 aromatic carbocycles. The molecule has 0 radical (unpaired) electrons. The third-order valence-corrected chi connectivity index (χ3v) is 4.30. The summed E-state index contributed by atoms with van der Waals surface area (Å²) in [5, 5.41) is 7.29. The Labute approximate surface area is 122 Å². The fourth-order valence-electron chi connectivity index (χ4n) is 2.70. The van der Waals surface area contributed by atoms with Crippen molar-refractivity contribution >= 4 is 11.5 Å². The molecular weight excluding hydrogens is 279 g/mol. The minimum Gasteiger partial charge on any atom is -0.384 e. The average molecular weight is 299 g/mol. The van der Waals surface area contributed by atoms with Crippen molar-refractivity contribution in [3.05, 3.63) is 29.3 Å². The van der Waals surface area contributed by atoms with Crippen LogP contribution in [0.1, 0.15) is 31.4 Å². The van der Waals surface area contributed by atoms with Gasteiger partial charge in [-0.2, -0.15) is 13.2 Å². The molecule has 3 N–H and O–H groups in total. The summed E-state index contributed by atoms with van der Waals surface area (Å²) in [6.07, 6.45) is -3.54. The Kier molecular flexibility index (Phi) is 4.16. The lowest BCUT2D eigenvalue weighted by Crippen LogP contribution is -2.38. The quantitative estimate of drug-likeness (QED) is 0.649. The summed E-state index contributed by atoms with van der Waals surface area (Å²) in [4.78, 5) is 1.98. The van der Waals surface area contributed by atoms with E-state index in [1.54, 1.807) is 6.07 Å². The van der Waals surface area contributed by atoms with Crippen molar-refractivity contribution in [3.8, 4) is 0 Å². The summed E-state index contributed by atoms with van der Waals surface area (Å²) >= 11 is 0. The summed E-state index contributed by atoms with van der Waals surface area (Å²) in [6.45, 7) is 5.79. The predicted octanol–water partition coefficient (Wildman–Crippen LogP) is 3.47. The van der Waals surface area contributed by atoms with Gasteiger partial charge in [0.1, 0.15) is 5.84 Å². The first kappa shape index (κ1) is 15.7. The Bertz CT molecular complexity index is 539. The van der Waals surface area contributed by atoms with Crippen molar-refractivity contribution in [1.82, 2.24) is 0 Å². The van der Waals surface area contributed by atoms with Crippen LogP contribution in [0.15, 0.2) is 18.2 Å². The highest BCUT2D eigenvalue weighted by atomic mass is 19.4. The zero-order chi connectivity index (χ0) is 15.8. The zero-order valence-corrected chi connectivity index (χ0v) is 12.2. The molecular formula is C15H20F3N3. The Balaban J connectivity index is 2.36. The van der Waals surface area contributed by atoms with Crippen molar-refractivity contribution < 1.29 is 13.2 Å². The Morgan fingerprint density at radius 1 is 1.29 bits per heavy atom. The van der Waals surface area contributed by atoms with E-state index in [-0.39, 0.29) is 5.56 Å². The van der Waals surface area contributed by atoms with E-state index in [0.29, 0.717) is 17.5 Å². The summed E-state index contributed by atoms with van der Waals surface area (Å²) in [7, 11) is 0. The number of nitrogen functional groups attached to an aromatic ring is 1. The van der Waals surface area contributed by atoms with E-state index in [1.807, 2.05) is 4.90 Å². The molecule has 1 aliphatic rings. The first-order valence-electron chi connectivity index (χ1n) is 7.00. The number of amidine groups is 1. The van der Waals surface area contributed by atoms with Gasteiger partial charge in [-0.1, -0.05) is 13.8 Å². The lowest BCUT2D eigenvalue weighted by molar-refractivity contribution is -0.137. The molecule has 1 aliphatic heterocycles. The summed E-state index contributed by atoms with van der Waals surface area (Å²) in [5.74, 6) is 0.468. The number of hydrogen-bond donors (Lipinski definition) is 2. The van der Waals surface area contributed by atoms with Crippen molar-refractivity contribution in [1.29, 1.82) is 5.41 Å². The number of nitrogens with two attached hydrogens (primary N) is 1. The minimum atomic E-state index is -4.51. The van der Waals surface area contributed by atoms with Crippen molar-refractivity contribution in [2.24, 2.45) is 17.6 Å². The number of halogens is 3. The van der Waals surface area contributed by atoms with E-state index < -0.39 is 17.6 Å². The highest BCUT2D eigenvalue weighted by molar-refractivity contribution is 5.97. The third kappa shape index (κ3) is 3.31. The second-order valence-corrected chi connectivity index (χ2v) is 5.83.